The molecule has 0 aliphatic heterocycles. The number of hydrogen-bond donors (Lipinski definition) is 1. The lowest BCUT2D eigenvalue weighted by Crippen LogP contribution is -2.23. The van der Waals surface area contributed by atoms with Crippen molar-refractivity contribution >= 4 is 0 Å². The zero-order chi connectivity index (χ0) is 14.6. The lowest BCUT2D eigenvalue weighted by Gasteiger charge is -2.13. The zero-order valence-electron chi connectivity index (χ0n) is 10.4. The van der Waals surface area contributed by atoms with Crippen molar-refractivity contribution in [1.82, 2.24) is 9.55 Å². The molecule has 0 fully saturated rings. The van der Waals surface area contributed by atoms with Gasteiger partial charge in [-0.15, -0.1) is 0 Å². The van der Waals surface area contributed by atoms with E-state index < -0.39 is 17.8 Å². The predicted molar refractivity (Wildman–Crippen MR) is 65.2 cm³/mol. The second kappa shape index (κ2) is 5.96. The molecule has 0 spiro atoms. The third-order valence-electron chi connectivity index (χ3n) is 2.60. The van der Waals surface area contributed by atoms with Gasteiger partial charge in [0, 0.05) is 12.4 Å². The van der Waals surface area contributed by atoms with Crippen LogP contribution in [0.3, 0.4) is 0 Å². The highest BCUT2D eigenvalue weighted by Crippen LogP contribution is 2.30. The van der Waals surface area contributed by atoms with Gasteiger partial charge in [0.15, 0.2) is 0 Å². The van der Waals surface area contributed by atoms with E-state index in [0.717, 1.165) is 12.1 Å². The molecule has 0 aliphatic rings. The summed E-state index contributed by atoms with van der Waals surface area (Å²) in [6, 6.07) is 4.34. The largest absolute Gasteiger partial charge is 0.491 e. The molecule has 1 unspecified atom stereocenters. The molecule has 0 bridgehead atoms. The van der Waals surface area contributed by atoms with Gasteiger partial charge in [-0.2, -0.15) is 13.2 Å². The van der Waals surface area contributed by atoms with E-state index in [1.165, 1.54) is 12.1 Å². The molecule has 0 aliphatic carbocycles. The van der Waals surface area contributed by atoms with Crippen LogP contribution in [-0.2, 0) is 12.7 Å². The molecule has 1 heterocycles. The minimum Gasteiger partial charge on any atom is -0.491 e. The van der Waals surface area contributed by atoms with E-state index in [4.69, 9.17) is 4.74 Å². The van der Waals surface area contributed by atoms with Crippen molar-refractivity contribution in [2.75, 3.05) is 6.61 Å². The van der Waals surface area contributed by atoms with Crippen molar-refractivity contribution in [3.05, 3.63) is 48.5 Å². The Hall–Kier alpha value is -2.02. The van der Waals surface area contributed by atoms with Gasteiger partial charge in [0.05, 0.1) is 18.4 Å². The van der Waals surface area contributed by atoms with Crippen LogP contribution in [0.15, 0.2) is 43.0 Å². The second-order valence-corrected chi connectivity index (χ2v) is 4.25. The van der Waals surface area contributed by atoms with Crippen LogP contribution in [0.25, 0.3) is 0 Å². The summed E-state index contributed by atoms with van der Waals surface area (Å²) >= 11 is 0. The van der Waals surface area contributed by atoms with Gasteiger partial charge in [-0.25, -0.2) is 4.98 Å². The molecule has 0 amide bonds. The lowest BCUT2D eigenvalue weighted by atomic mass is 10.2. The van der Waals surface area contributed by atoms with Crippen molar-refractivity contribution in [1.29, 1.82) is 0 Å². The molecule has 0 radical (unpaired) electrons. The normalized spacial score (nSPS) is 13.2. The van der Waals surface area contributed by atoms with E-state index >= 15 is 0 Å². The Balaban J connectivity index is 1.84. The van der Waals surface area contributed by atoms with E-state index in [0.29, 0.717) is 6.54 Å². The molecular weight excluding hydrogens is 273 g/mol. The molecule has 0 saturated carbocycles. The molecule has 1 aromatic heterocycles. The van der Waals surface area contributed by atoms with Gasteiger partial charge in [-0.3, -0.25) is 0 Å². The summed E-state index contributed by atoms with van der Waals surface area (Å²) in [5.74, 6) is 0.280. The predicted octanol–water partition coefficient (Wildman–Crippen LogP) is 2.34. The van der Waals surface area contributed by atoms with Crippen molar-refractivity contribution in [2.45, 2.75) is 18.8 Å². The van der Waals surface area contributed by atoms with E-state index in [1.54, 1.807) is 23.3 Å². The first-order valence-electron chi connectivity index (χ1n) is 5.89. The van der Waals surface area contributed by atoms with Crippen molar-refractivity contribution in [3.63, 3.8) is 0 Å². The first kappa shape index (κ1) is 14.4. The minimum atomic E-state index is -4.36. The third-order valence-corrected chi connectivity index (χ3v) is 2.60. The maximum atomic E-state index is 12.4. The van der Waals surface area contributed by atoms with Crippen LogP contribution in [0.1, 0.15) is 5.56 Å². The number of aromatic nitrogens is 2. The van der Waals surface area contributed by atoms with Crippen molar-refractivity contribution < 1.29 is 23.0 Å². The summed E-state index contributed by atoms with van der Waals surface area (Å²) < 4.78 is 44.0. The van der Waals surface area contributed by atoms with Gasteiger partial charge in [0.1, 0.15) is 18.5 Å². The van der Waals surface area contributed by atoms with Crippen molar-refractivity contribution in [2.24, 2.45) is 0 Å². The lowest BCUT2D eigenvalue weighted by molar-refractivity contribution is -0.137. The fourth-order valence-electron chi connectivity index (χ4n) is 1.62. The number of nitrogens with zero attached hydrogens (tertiary/aromatic N) is 2. The zero-order valence-corrected chi connectivity index (χ0v) is 10.4. The van der Waals surface area contributed by atoms with Gasteiger partial charge >= 0.3 is 6.18 Å². The number of rotatable bonds is 5. The highest BCUT2D eigenvalue weighted by Gasteiger charge is 2.30. The van der Waals surface area contributed by atoms with Crippen LogP contribution in [-0.4, -0.2) is 27.4 Å². The first-order chi connectivity index (χ1) is 9.45. The third kappa shape index (κ3) is 3.99. The second-order valence-electron chi connectivity index (χ2n) is 4.25. The molecule has 7 heteroatoms. The fourth-order valence-corrected chi connectivity index (χ4v) is 1.62. The van der Waals surface area contributed by atoms with Gasteiger partial charge in [0.25, 0.3) is 0 Å². The Labute approximate surface area is 113 Å². The molecule has 1 aromatic carbocycles. The Kier molecular flexibility index (Phi) is 4.29. The quantitative estimate of drug-likeness (QED) is 0.917. The number of ether oxygens (including phenoxy) is 1. The number of halogens is 3. The fraction of sp³-hybridized carbons (Fsp3) is 0.308. The highest BCUT2D eigenvalue weighted by atomic mass is 19.4. The first-order valence-corrected chi connectivity index (χ1v) is 5.89. The van der Waals surface area contributed by atoms with E-state index in [2.05, 4.69) is 4.98 Å². The monoisotopic (exact) mass is 286 g/mol. The van der Waals surface area contributed by atoms with Gasteiger partial charge in [-0.1, -0.05) is 0 Å². The average molecular weight is 286 g/mol. The summed E-state index contributed by atoms with van der Waals surface area (Å²) in [5.41, 5.74) is -0.733. The molecular formula is C13H13F3N2O2. The minimum absolute atomic E-state index is 0.0104. The molecule has 2 aromatic rings. The van der Waals surface area contributed by atoms with Crippen LogP contribution in [0.2, 0.25) is 0 Å². The number of aliphatic hydroxyl groups is 1. The molecule has 0 saturated heterocycles. The van der Waals surface area contributed by atoms with Gasteiger partial charge in [0.2, 0.25) is 0 Å². The van der Waals surface area contributed by atoms with E-state index in [-0.39, 0.29) is 12.4 Å². The standard InChI is InChI=1S/C13H13F3N2O2/c14-13(15,16)10-1-3-12(4-2-10)20-8-11(19)7-18-6-5-17-9-18/h1-6,9,11,19H,7-8H2. The molecule has 2 rings (SSSR count). The Morgan fingerprint density at radius 3 is 2.50 bits per heavy atom. The Bertz CT molecular complexity index is 524. The number of alkyl halides is 3. The topological polar surface area (TPSA) is 47.3 Å². The smallest absolute Gasteiger partial charge is 0.416 e. The number of aliphatic hydroxyl groups excluding tert-OH is 1. The van der Waals surface area contributed by atoms with Gasteiger partial charge in [-0.05, 0) is 24.3 Å². The van der Waals surface area contributed by atoms with Crippen molar-refractivity contribution in [3.8, 4) is 5.75 Å². The molecule has 108 valence electrons. The number of imidazole rings is 1. The van der Waals surface area contributed by atoms with E-state index in [1.807, 2.05) is 0 Å². The molecule has 1 atom stereocenters. The molecule has 1 N–H and O–H groups in total. The number of benzene rings is 1. The Morgan fingerprint density at radius 1 is 1.25 bits per heavy atom. The van der Waals surface area contributed by atoms with Crippen LogP contribution < -0.4 is 4.74 Å². The summed E-state index contributed by atoms with van der Waals surface area (Å²) in [6.45, 7) is 0.296. The highest BCUT2D eigenvalue weighted by molar-refractivity contribution is 5.28. The summed E-state index contributed by atoms with van der Waals surface area (Å²) in [4.78, 5) is 3.83. The van der Waals surface area contributed by atoms with Gasteiger partial charge < -0.3 is 14.4 Å². The van der Waals surface area contributed by atoms with Crippen LogP contribution in [0.4, 0.5) is 13.2 Å². The SMILES string of the molecule is OC(COc1ccc(C(F)(F)F)cc1)Cn1ccnc1. The van der Waals surface area contributed by atoms with Crippen LogP contribution in [0, 0.1) is 0 Å². The van der Waals surface area contributed by atoms with Crippen LogP contribution in [0.5, 0.6) is 5.75 Å². The number of hydrogen-bond acceptors (Lipinski definition) is 3. The van der Waals surface area contributed by atoms with Crippen LogP contribution >= 0.6 is 0 Å². The van der Waals surface area contributed by atoms with E-state index in [9.17, 15) is 18.3 Å². The summed E-state index contributed by atoms with van der Waals surface area (Å²) in [6.07, 6.45) is -0.294. The average Bonchev–Trinajstić information content (AvgIpc) is 2.88. The Morgan fingerprint density at radius 2 is 1.95 bits per heavy atom. The summed E-state index contributed by atoms with van der Waals surface area (Å²) in [5, 5.41) is 9.71. The molecule has 20 heavy (non-hydrogen) atoms. The maximum Gasteiger partial charge on any atom is 0.416 e. The molecule has 4 nitrogen and oxygen atoms in total. The summed E-state index contributed by atoms with van der Waals surface area (Å²) in [7, 11) is 0. The maximum absolute atomic E-state index is 12.4.